The van der Waals surface area contributed by atoms with E-state index in [1.54, 1.807) is 6.92 Å². The Morgan fingerprint density at radius 2 is 1.75 bits per heavy atom. The van der Waals surface area contributed by atoms with E-state index in [9.17, 15) is 0 Å². The van der Waals surface area contributed by atoms with Gasteiger partial charge in [0, 0.05) is 19.5 Å². The maximum atomic E-state index is 4.72. The predicted molar refractivity (Wildman–Crippen MR) is 14.5 cm³/mol. The van der Waals surface area contributed by atoms with Crippen molar-refractivity contribution in [1.29, 1.82) is 0 Å². The van der Waals surface area contributed by atoms with Gasteiger partial charge in [0.15, 0.2) is 0 Å². The Hall–Kier alpha value is 0.363. The topological polar surface area (TPSA) is 0 Å². The van der Waals surface area contributed by atoms with Crippen molar-refractivity contribution in [3.63, 3.8) is 0 Å². The minimum absolute atomic E-state index is 0. The Morgan fingerprint density at radius 1 is 1.75 bits per heavy atom. The van der Waals surface area contributed by atoms with E-state index in [-0.39, 0.29) is 19.5 Å². The molecule has 0 fully saturated rings. The van der Waals surface area contributed by atoms with Gasteiger partial charge in [0.25, 0.3) is 0 Å². The molecule has 4 heavy (non-hydrogen) atoms. The Bertz CT molecular complexity index is 10.8. The van der Waals surface area contributed by atoms with Gasteiger partial charge >= 0.3 is 0 Å². The van der Waals surface area contributed by atoms with Gasteiger partial charge in [0.05, 0.1) is 0 Å². The first-order valence-electron chi connectivity index (χ1n) is 0.911. The molecular weight excluding hydrogens is 101 g/mol. The largest absolute Gasteiger partial charge is 0.518 e. The maximum Gasteiger partial charge on any atom is 0 e. The summed E-state index contributed by atoms with van der Waals surface area (Å²) in [6.45, 7) is 6.50. The molecule has 0 amide bonds. The fourth-order valence-corrected chi connectivity index (χ4v) is 0. The zero-order chi connectivity index (χ0) is 2.71. The minimum Gasteiger partial charge on any atom is -0.518 e. The number of hydrogen-bond acceptors (Lipinski definition) is 0. The smallest absolute Gasteiger partial charge is 0 e. The summed E-state index contributed by atoms with van der Waals surface area (Å²) in [4.78, 5) is 0. The van der Waals surface area contributed by atoms with Gasteiger partial charge < -0.3 is 6.58 Å². The van der Waals surface area contributed by atoms with Crippen LogP contribution in [0.25, 0.3) is 0 Å². The summed E-state index contributed by atoms with van der Waals surface area (Å²) in [6.07, 6.45) is 1.50. The Balaban J connectivity index is 0. The zero-order valence-electron chi connectivity index (χ0n) is 2.86. The average Bonchev–Trinajstić information content (AvgIpc) is 0.918. The monoisotopic (exact) mass is 105 g/mol. The molecular formula is C3H5Zn-. The first-order chi connectivity index (χ1) is 1.41. The number of allylic oxidation sites excluding steroid dienone is 1. The van der Waals surface area contributed by atoms with E-state index in [0.29, 0.717) is 0 Å². The summed E-state index contributed by atoms with van der Waals surface area (Å²) in [5.74, 6) is 0. The molecule has 0 nitrogen and oxygen atoms in total. The van der Waals surface area contributed by atoms with E-state index >= 15 is 0 Å². The van der Waals surface area contributed by atoms with Gasteiger partial charge in [-0.25, -0.2) is 0 Å². The second-order valence-corrected chi connectivity index (χ2v) is 0.333. The third-order valence-electron chi connectivity index (χ3n) is 0. The van der Waals surface area contributed by atoms with Crippen LogP contribution in [0.2, 0.25) is 0 Å². The van der Waals surface area contributed by atoms with Crippen molar-refractivity contribution < 1.29 is 19.5 Å². The summed E-state index contributed by atoms with van der Waals surface area (Å²) in [6, 6.07) is 0. The molecule has 0 aliphatic heterocycles. The van der Waals surface area contributed by atoms with E-state index in [0.717, 1.165) is 0 Å². The molecule has 0 bridgehead atoms. The normalized spacial score (nSPS) is 3.25. The van der Waals surface area contributed by atoms with Crippen LogP contribution in [-0.2, 0) is 19.5 Å². The molecule has 0 unspecified atom stereocenters. The average molecular weight is 106 g/mol. The fraction of sp³-hybridized carbons (Fsp3) is 0.333. The van der Waals surface area contributed by atoms with E-state index in [4.69, 9.17) is 6.58 Å². The van der Waals surface area contributed by atoms with Crippen molar-refractivity contribution in [2.24, 2.45) is 0 Å². The molecule has 0 aliphatic carbocycles. The van der Waals surface area contributed by atoms with Crippen LogP contribution in [-0.4, -0.2) is 0 Å². The van der Waals surface area contributed by atoms with Gasteiger partial charge in [-0.3, -0.25) is 6.08 Å². The third-order valence-corrected chi connectivity index (χ3v) is 0. The maximum absolute atomic E-state index is 4.72. The number of hydrogen-bond donors (Lipinski definition) is 0. The van der Waals surface area contributed by atoms with Crippen LogP contribution in [0.5, 0.6) is 0 Å². The van der Waals surface area contributed by atoms with Crippen LogP contribution in [0.3, 0.4) is 0 Å². The summed E-state index contributed by atoms with van der Waals surface area (Å²) >= 11 is 0. The molecule has 0 atom stereocenters. The standard InChI is InChI=1S/C3H5.Zn/c1-3-2;/h1,3H,2H3;/q-1;. The summed E-state index contributed by atoms with van der Waals surface area (Å²) in [5, 5.41) is 0. The Labute approximate surface area is 39.7 Å². The fourth-order valence-electron chi connectivity index (χ4n) is 0. The predicted octanol–water partition coefficient (Wildman–Crippen LogP) is 0.993. The molecule has 0 rings (SSSR count). The molecule has 0 saturated heterocycles. The molecule has 0 spiro atoms. The van der Waals surface area contributed by atoms with Crippen LogP contribution in [0.1, 0.15) is 6.92 Å². The summed E-state index contributed by atoms with van der Waals surface area (Å²) in [5.41, 5.74) is 0. The van der Waals surface area contributed by atoms with Gasteiger partial charge in [0.1, 0.15) is 0 Å². The van der Waals surface area contributed by atoms with Crippen LogP contribution < -0.4 is 0 Å². The van der Waals surface area contributed by atoms with E-state index in [1.807, 2.05) is 0 Å². The van der Waals surface area contributed by atoms with Gasteiger partial charge in [-0.05, 0) is 0 Å². The quantitative estimate of drug-likeness (QED) is 0.319. The van der Waals surface area contributed by atoms with Gasteiger partial charge in [-0.1, -0.05) is 6.92 Å². The van der Waals surface area contributed by atoms with Crippen molar-refractivity contribution in [3.8, 4) is 0 Å². The molecule has 0 saturated carbocycles. The summed E-state index contributed by atoms with van der Waals surface area (Å²) in [7, 11) is 0. The minimum atomic E-state index is 0. The van der Waals surface area contributed by atoms with Gasteiger partial charge in [-0.2, -0.15) is 0 Å². The van der Waals surface area contributed by atoms with Gasteiger partial charge in [-0.15, -0.1) is 0 Å². The first-order valence-corrected chi connectivity index (χ1v) is 0.911. The van der Waals surface area contributed by atoms with Crippen molar-refractivity contribution in [2.75, 3.05) is 0 Å². The Morgan fingerprint density at radius 3 is 1.75 bits per heavy atom. The van der Waals surface area contributed by atoms with Crippen molar-refractivity contribution in [3.05, 3.63) is 12.7 Å². The second kappa shape index (κ2) is 10.1. The molecule has 0 aromatic carbocycles. The second-order valence-electron chi connectivity index (χ2n) is 0.333. The molecule has 0 N–H and O–H groups in total. The molecule has 0 aromatic heterocycles. The number of rotatable bonds is 0. The Kier molecular flexibility index (Phi) is 22.3. The molecule has 20 valence electrons. The van der Waals surface area contributed by atoms with Crippen LogP contribution in [0.15, 0.2) is 6.08 Å². The zero-order valence-corrected chi connectivity index (χ0v) is 5.83. The van der Waals surface area contributed by atoms with Crippen molar-refractivity contribution in [1.82, 2.24) is 0 Å². The van der Waals surface area contributed by atoms with E-state index in [2.05, 4.69) is 0 Å². The van der Waals surface area contributed by atoms with Crippen LogP contribution in [0.4, 0.5) is 0 Å². The van der Waals surface area contributed by atoms with E-state index in [1.165, 1.54) is 6.08 Å². The van der Waals surface area contributed by atoms with E-state index < -0.39 is 0 Å². The molecule has 1 heteroatoms. The van der Waals surface area contributed by atoms with Crippen molar-refractivity contribution >= 4 is 0 Å². The molecule has 0 radical (unpaired) electrons. The summed E-state index contributed by atoms with van der Waals surface area (Å²) < 4.78 is 0. The van der Waals surface area contributed by atoms with Crippen LogP contribution >= 0.6 is 0 Å². The SMILES string of the molecule is [CH-]=CC.[Zn]. The molecule has 0 aromatic rings. The molecule has 0 heterocycles. The molecule has 0 aliphatic rings. The first kappa shape index (κ1) is 8.84. The van der Waals surface area contributed by atoms with Gasteiger partial charge in [0.2, 0.25) is 0 Å². The van der Waals surface area contributed by atoms with Crippen molar-refractivity contribution in [2.45, 2.75) is 6.92 Å². The van der Waals surface area contributed by atoms with Crippen LogP contribution in [0, 0.1) is 6.58 Å². The third kappa shape index (κ3) is 33.3.